The van der Waals surface area contributed by atoms with E-state index in [4.69, 9.17) is 9.47 Å². The van der Waals surface area contributed by atoms with Crippen LogP contribution in [0.25, 0.3) is 0 Å². The van der Waals surface area contributed by atoms with Crippen molar-refractivity contribution in [2.75, 3.05) is 20.1 Å². The molecule has 2 amide bonds. The molecule has 1 aromatic carbocycles. The Kier molecular flexibility index (Phi) is 7.93. The lowest BCUT2D eigenvalue weighted by molar-refractivity contribution is 0.0259. The van der Waals surface area contributed by atoms with E-state index < -0.39 is 23.4 Å². The van der Waals surface area contributed by atoms with Crippen molar-refractivity contribution < 1.29 is 19.1 Å². The highest BCUT2D eigenvalue weighted by atomic mass is 16.6. The Labute approximate surface area is 156 Å². The number of likely N-dealkylation sites (N-methyl/N-ethyl adjacent to an activating group) is 1. The summed E-state index contributed by atoms with van der Waals surface area (Å²) in [4.78, 5) is 25.2. The summed E-state index contributed by atoms with van der Waals surface area (Å²) in [5.41, 5.74) is 0.0980. The molecule has 0 radical (unpaired) electrons. The second-order valence-corrected chi connectivity index (χ2v) is 7.96. The normalized spacial score (nSPS) is 11.6. The first kappa shape index (κ1) is 21.8. The minimum atomic E-state index is -0.572. The van der Waals surface area contributed by atoms with E-state index in [1.165, 1.54) is 10.5 Å². The summed E-state index contributed by atoms with van der Waals surface area (Å²) in [6, 6.07) is 10.1. The van der Waals surface area contributed by atoms with Crippen LogP contribution in [0.15, 0.2) is 30.3 Å². The molecule has 0 unspecified atom stereocenters. The minimum absolute atomic E-state index is 0.295. The number of carbonyl (C=O) groups excluding carboxylic acids is 2. The zero-order valence-electron chi connectivity index (χ0n) is 16.8. The van der Waals surface area contributed by atoms with E-state index in [0.29, 0.717) is 13.1 Å². The standard InChI is InChI=1S/C20H32N2O4/c1-19(2,3)26-18(24)22(6)15-14-21-17(23)25-20(4,5)13-12-16-10-8-7-9-11-16/h7-11H,12-15H2,1-6H3,(H,21,23). The highest BCUT2D eigenvalue weighted by molar-refractivity contribution is 5.69. The van der Waals surface area contributed by atoms with Gasteiger partial charge in [-0.05, 0) is 53.0 Å². The minimum Gasteiger partial charge on any atom is -0.444 e. The van der Waals surface area contributed by atoms with Crippen molar-refractivity contribution in [2.24, 2.45) is 0 Å². The van der Waals surface area contributed by atoms with E-state index >= 15 is 0 Å². The predicted octanol–water partition coefficient (Wildman–Crippen LogP) is 3.99. The van der Waals surface area contributed by atoms with Gasteiger partial charge in [-0.2, -0.15) is 0 Å². The molecular weight excluding hydrogens is 332 g/mol. The van der Waals surface area contributed by atoms with E-state index in [-0.39, 0.29) is 0 Å². The van der Waals surface area contributed by atoms with Crippen molar-refractivity contribution in [3.63, 3.8) is 0 Å². The first-order chi connectivity index (χ1) is 12.0. The molecule has 146 valence electrons. The smallest absolute Gasteiger partial charge is 0.410 e. The molecule has 1 aromatic rings. The number of aryl methyl sites for hydroxylation is 1. The van der Waals surface area contributed by atoms with Crippen LogP contribution in [0.2, 0.25) is 0 Å². The van der Waals surface area contributed by atoms with Crippen molar-refractivity contribution in [3.05, 3.63) is 35.9 Å². The SMILES string of the molecule is CN(CCNC(=O)OC(C)(C)CCc1ccccc1)C(=O)OC(C)(C)C. The third-order valence-corrected chi connectivity index (χ3v) is 3.65. The molecule has 6 nitrogen and oxygen atoms in total. The summed E-state index contributed by atoms with van der Waals surface area (Å²) in [6.07, 6.45) is 0.654. The van der Waals surface area contributed by atoms with E-state index in [0.717, 1.165) is 12.8 Å². The van der Waals surface area contributed by atoms with Crippen LogP contribution < -0.4 is 5.32 Å². The number of rotatable bonds is 7. The summed E-state index contributed by atoms with van der Waals surface area (Å²) in [7, 11) is 1.63. The van der Waals surface area contributed by atoms with Crippen molar-refractivity contribution >= 4 is 12.2 Å². The lowest BCUT2D eigenvalue weighted by atomic mass is 9.99. The van der Waals surface area contributed by atoms with Crippen molar-refractivity contribution in [1.82, 2.24) is 10.2 Å². The molecule has 0 saturated carbocycles. The fraction of sp³-hybridized carbons (Fsp3) is 0.600. The van der Waals surface area contributed by atoms with Crippen LogP contribution in [0, 0.1) is 0 Å². The molecule has 0 aromatic heterocycles. The van der Waals surface area contributed by atoms with E-state index in [1.807, 2.05) is 52.8 Å². The molecule has 0 saturated heterocycles. The van der Waals surface area contributed by atoms with E-state index in [2.05, 4.69) is 17.4 Å². The summed E-state index contributed by atoms with van der Waals surface area (Å²) >= 11 is 0. The third-order valence-electron chi connectivity index (χ3n) is 3.65. The molecule has 0 heterocycles. The summed E-state index contributed by atoms with van der Waals surface area (Å²) in [6.45, 7) is 9.85. The molecule has 1 N–H and O–H groups in total. The number of nitrogens with one attached hydrogen (secondary N) is 1. The maximum absolute atomic E-state index is 12.0. The van der Waals surface area contributed by atoms with Gasteiger partial charge in [0.15, 0.2) is 0 Å². The van der Waals surface area contributed by atoms with Gasteiger partial charge in [-0.25, -0.2) is 9.59 Å². The second-order valence-electron chi connectivity index (χ2n) is 7.96. The van der Waals surface area contributed by atoms with Gasteiger partial charge in [0.25, 0.3) is 0 Å². The Morgan fingerprint density at radius 3 is 2.23 bits per heavy atom. The Hall–Kier alpha value is -2.24. The molecule has 0 aliphatic carbocycles. The largest absolute Gasteiger partial charge is 0.444 e. The number of hydrogen-bond donors (Lipinski definition) is 1. The van der Waals surface area contributed by atoms with Crippen LogP contribution >= 0.6 is 0 Å². The number of ether oxygens (including phenoxy) is 2. The number of nitrogens with zero attached hydrogens (tertiary/aromatic N) is 1. The maximum atomic E-state index is 12.0. The van der Waals surface area contributed by atoms with Crippen LogP contribution in [0.4, 0.5) is 9.59 Å². The molecule has 0 bridgehead atoms. The van der Waals surface area contributed by atoms with Crippen molar-refractivity contribution in [3.8, 4) is 0 Å². The van der Waals surface area contributed by atoms with Gasteiger partial charge in [0.05, 0.1) is 0 Å². The summed E-state index contributed by atoms with van der Waals surface area (Å²) in [5, 5.41) is 2.67. The molecule has 26 heavy (non-hydrogen) atoms. The van der Waals surface area contributed by atoms with Crippen molar-refractivity contribution in [1.29, 1.82) is 0 Å². The zero-order chi connectivity index (χ0) is 19.8. The molecule has 0 aliphatic rings. The Morgan fingerprint density at radius 2 is 1.65 bits per heavy atom. The first-order valence-corrected chi connectivity index (χ1v) is 8.93. The van der Waals surface area contributed by atoms with Gasteiger partial charge < -0.3 is 19.7 Å². The number of benzene rings is 1. The van der Waals surface area contributed by atoms with Gasteiger partial charge >= 0.3 is 12.2 Å². The highest BCUT2D eigenvalue weighted by Crippen LogP contribution is 2.18. The maximum Gasteiger partial charge on any atom is 0.410 e. The predicted molar refractivity (Wildman–Crippen MR) is 102 cm³/mol. The van der Waals surface area contributed by atoms with E-state index in [9.17, 15) is 9.59 Å². The average Bonchev–Trinajstić information content (AvgIpc) is 2.52. The van der Waals surface area contributed by atoms with Crippen molar-refractivity contribution in [2.45, 2.75) is 58.7 Å². The van der Waals surface area contributed by atoms with Gasteiger partial charge in [-0.3, -0.25) is 0 Å². The fourth-order valence-corrected chi connectivity index (χ4v) is 2.18. The van der Waals surface area contributed by atoms with Crippen LogP contribution in [0.3, 0.4) is 0 Å². The Balaban J connectivity index is 2.31. The van der Waals surface area contributed by atoms with Gasteiger partial charge in [0.1, 0.15) is 11.2 Å². The number of hydrogen-bond acceptors (Lipinski definition) is 4. The first-order valence-electron chi connectivity index (χ1n) is 8.93. The van der Waals surface area contributed by atoms with Crippen LogP contribution in [-0.2, 0) is 15.9 Å². The average molecular weight is 364 g/mol. The number of alkyl carbamates (subject to hydrolysis) is 1. The zero-order valence-corrected chi connectivity index (χ0v) is 16.8. The lowest BCUT2D eigenvalue weighted by Gasteiger charge is -2.26. The Bertz CT molecular complexity index is 579. The molecule has 0 atom stereocenters. The number of amides is 2. The fourth-order valence-electron chi connectivity index (χ4n) is 2.18. The van der Waals surface area contributed by atoms with Crippen LogP contribution in [0.1, 0.15) is 46.6 Å². The topological polar surface area (TPSA) is 67.9 Å². The number of carbonyl (C=O) groups is 2. The van der Waals surface area contributed by atoms with E-state index in [1.54, 1.807) is 7.05 Å². The second kappa shape index (κ2) is 9.46. The van der Waals surface area contributed by atoms with Crippen LogP contribution in [-0.4, -0.2) is 48.4 Å². The molecule has 0 aliphatic heterocycles. The summed E-state index contributed by atoms with van der Waals surface area (Å²) < 4.78 is 10.8. The molecule has 0 fully saturated rings. The lowest BCUT2D eigenvalue weighted by Crippen LogP contribution is -2.41. The molecule has 1 rings (SSSR count). The van der Waals surface area contributed by atoms with Gasteiger partial charge in [0, 0.05) is 20.1 Å². The van der Waals surface area contributed by atoms with Gasteiger partial charge in [0.2, 0.25) is 0 Å². The monoisotopic (exact) mass is 364 g/mol. The molecule has 6 heteroatoms. The van der Waals surface area contributed by atoms with Crippen LogP contribution in [0.5, 0.6) is 0 Å². The van der Waals surface area contributed by atoms with Gasteiger partial charge in [-0.1, -0.05) is 30.3 Å². The molecule has 0 spiro atoms. The van der Waals surface area contributed by atoms with Gasteiger partial charge in [-0.15, -0.1) is 0 Å². The summed E-state index contributed by atoms with van der Waals surface area (Å²) in [5.74, 6) is 0. The Morgan fingerprint density at radius 1 is 1.04 bits per heavy atom. The highest BCUT2D eigenvalue weighted by Gasteiger charge is 2.23. The molecular formula is C20H32N2O4. The quantitative estimate of drug-likeness (QED) is 0.794. The third kappa shape index (κ3) is 9.30.